The quantitative estimate of drug-likeness (QED) is 0.911. The zero-order valence-electron chi connectivity index (χ0n) is 10.7. The summed E-state index contributed by atoms with van der Waals surface area (Å²) in [6.07, 6.45) is 0.00332. The summed E-state index contributed by atoms with van der Waals surface area (Å²) in [6, 6.07) is 18.4. The van der Waals surface area contributed by atoms with Crippen molar-refractivity contribution in [3.05, 3.63) is 65.7 Å². The molecule has 0 spiro atoms. The van der Waals surface area contributed by atoms with Gasteiger partial charge in [-0.2, -0.15) is 5.26 Å². The first-order valence-electron chi connectivity index (χ1n) is 6.00. The highest BCUT2D eigenvalue weighted by Gasteiger charge is 2.31. The largest absolute Gasteiger partial charge is 0.497 e. The van der Waals surface area contributed by atoms with Crippen molar-refractivity contribution in [3.8, 4) is 11.8 Å². The third-order valence-electron chi connectivity index (χ3n) is 3.15. The van der Waals surface area contributed by atoms with E-state index in [4.69, 9.17) is 10.00 Å². The maximum atomic E-state index is 10.9. The summed E-state index contributed by atoms with van der Waals surface area (Å²) in [5, 5.41) is 19.8. The normalized spacial score (nSPS) is 13.3. The lowest BCUT2D eigenvalue weighted by molar-refractivity contribution is 0.0859. The molecule has 0 saturated heterocycles. The van der Waals surface area contributed by atoms with Crippen LogP contribution >= 0.6 is 0 Å². The second-order valence-electron chi connectivity index (χ2n) is 4.29. The van der Waals surface area contributed by atoms with E-state index in [1.807, 2.05) is 30.3 Å². The Labute approximate surface area is 112 Å². The first-order valence-corrected chi connectivity index (χ1v) is 6.00. The van der Waals surface area contributed by atoms with E-state index >= 15 is 0 Å². The number of nitrogens with zero attached hydrogens (tertiary/aromatic N) is 1. The molecule has 1 N–H and O–H groups in total. The van der Waals surface area contributed by atoms with E-state index < -0.39 is 5.60 Å². The molecule has 96 valence electrons. The van der Waals surface area contributed by atoms with Gasteiger partial charge in [-0.1, -0.05) is 42.5 Å². The number of nitriles is 1. The number of hydrogen-bond donors (Lipinski definition) is 1. The smallest absolute Gasteiger partial charge is 0.128 e. The zero-order chi connectivity index (χ0) is 13.7. The summed E-state index contributed by atoms with van der Waals surface area (Å²) in [5.41, 5.74) is 0.102. The summed E-state index contributed by atoms with van der Waals surface area (Å²) in [5.74, 6) is 0.719. The van der Waals surface area contributed by atoms with Crippen molar-refractivity contribution in [2.24, 2.45) is 0 Å². The van der Waals surface area contributed by atoms with Crippen molar-refractivity contribution in [1.82, 2.24) is 0 Å². The van der Waals surface area contributed by atoms with Crippen LogP contribution in [0.25, 0.3) is 0 Å². The third kappa shape index (κ3) is 2.59. The molecule has 0 fully saturated rings. The molecule has 0 aliphatic rings. The predicted molar refractivity (Wildman–Crippen MR) is 72.7 cm³/mol. The van der Waals surface area contributed by atoms with Gasteiger partial charge in [0.1, 0.15) is 11.4 Å². The van der Waals surface area contributed by atoms with E-state index in [-0.39, 0.29) is 6.42 Å². The summed E-state index contributed by atoms with van der Waals surface area (Å²) < 4.78 is 5.10. The minimum Gasteiger partial charge on any atom is -0.497 e. The Morgan fingerprint density at radius 1 is 1.05 bits per heavy atom. The van der Waals surface area contributed by atoms with Crippen LogP contribution in [-0.4, -0.2) is 12.2 Å². The molecular weight excluding hydrogens is 238 g/mol. The standard InChI is InChI=1S/C16H15NO2/c1-19-15-9-7-14(8-10-15)16(18,11-12-17)13-5-3-2-4-6-13/h2-10,18H,11H2,1H3/t16-/m0/s1. The molecule has 0 radical (unpaired) electrons. The predicted octanol–water partition coefficient (Wildman–Crippen LogP) is 2.84. The molecule has 0 aliphatic carbocycles. The highest BCUT2D eigenvalue weighted by molar-refractivity contribution is 5.39. The molecule has 0 unspecified atom stereocenters. The van der Waals surface area contributed by atoms with E-state index in [9.17, 15) is 5.11 Å². The topological polar surface area (TPSA) is 53.2 Å². The number of rotatable bonds is 4. The third-order valence-corrected chi connectivity index (χ3v) is 3.15. The highest BCUT2D eigenvalue weighted by atomic mass is 16.5. The summed E-state index contributed by atoms with van der Waals surface area (Å²) in [4.78, 5) is 0. The molecule has 19 heavy (non-hydrogen) atoms. The van der Waals surface area contributed by atoms with Crippen LogP contribution in [0, 0.1) is 11.3 Å². The van der Waals surface area contributed by atoms with Crippen LogP contribution in [0.2, 0.25) is 0 Å². The van der Waals surface area contributed by atoms with E-state index in [1.54, 1.807) is 31.4 Å². The molecule has 3 heteroatoms. The number of ether oxygens (including phenoxy) is 1. The van der Waals surface area contributed by atoms with Gasteiger partial charge in [0.2, 0.25) is 0 Å². The van der Waals surface area contributed by atoms with Gasteiger partial charge in [-0.3, -0.25) is 0 Å². The number of benzene rings is 2. The van der Waals surface area contributed by atoms with Crippen molar-refractivity contribution >= 4 is 0 Å². The van der Waals surface area contributed by atoms with Crippen LogP contribution in [-0.2, 0) is 5.60 Å². The molecule has 2 aromatic carbocycles. The molecule has 0 saturated carbocycles. The summed E-state index contributed by atoms with van der Waals surface area (Å²) in [6.45, 7) is 0. The molecule has 3 nitrogen and oxygen atoms in total. The van der Waals surface area contributed by atoms with Crippen molar-refractivity contribution in [2.45, 2.75) is 12.0 Å². The van der Waals surface area contributed by atoms with Crippen LogP contribution in [0.5, 0.6) is 5.75 Å². The first kappa shape index (κ1) is 13.1. The number of hydrogen-bond acceptors (Lipinski definition) is 3. The molecular formula is C16H15NO2. The van der Waals surface area contributed by atoms with Gasteiger partial charge in [-0.05, 0) is 23.3 Å². The molecule has 1 atom stereocenters. The monoisotopic (exact) mass is 253 g/mol. The van der Waals surface area contributed by atoms with E-state index in [2.05, 4.69) is 6.07 Å². The molecule has 0 bridgehead atoms. The van der Waals surface area contributed by atoms with Crippen LogP contribution in [0.4, 0.5) is 0 Å². The molecule has 0 aromatic heterocycles. The number of aliphatic hydroxyl groups is 1. The Balaban J connectivity index is 2.47. The average molecular weight is 253 g/mol. The first-order chi connectivity index (χ1) is 9.20. The van der Waals surface area contributed by atoms with Gasteiger partial charge < -0.3 is 9.84 Å². The maximum Gasteiger partial charge on any atom is 0.128 e. The second kappa shape index (κ2) is 5.55. The minimum absolute atomic E-state index is 0.00332. The van der Waals surface area contributed by atoms with Gasteiger partial charge >= 0.3 is 0 Å². The van der Waals surface area contributed by atoms with E-state index in [0.717, 1.165) is 5.75 Å². The van der Waals surface area contributed by atoms with Crippen LogP contribution in [0.3, 0.4) is 0 Å². The Bertz CT molecular complexity index is 572. The van der Waals surface area contributed by atoms with Gasteiger partial charge in [0, 0.05) is 0 Å². The Hall–Kier alpha value is -2.31. The summed E-state index contributed by atoms with van der Waals surface area (Å²) in [7, 11) is 1.59. The molecule has 0 heterocycles. The van der Waals surface area contributed by atoms with Gasteiger partial charge in [-0.15, -0.1) is 0 Å². The molecule has 2 rings (SSSR count). The van der Waals surface area contributed by atoms with Crippen LogP contribution in [0.15, 0.2) is 54.6 Å². The van der Waals surface area contributed by atoms with Crippen molar-refractivity contribution < 1.29 is 9.84 Å². The Morgan fingerprint density at radius 2 is 1.63 bits per heavy atom. The fourth-order valence-electron chi connectivity index (χ4n) is 2.07. The van der Waals surface area contributed by atoms with Crippen molar-refractivity contribution in [1.29, 1.82) is 5.26 Å². The highest BCUT2D eigenvalue weighted by Crippen LogP contribution is 2.33. The van der Waals surface area contributed by atoms with Crippen LogP contribution in [0.1, 0.15) is 17.5 Å². The van der Waals surface area contributed by atoms with Gasteiger partial charge in [-0.25, -0.2) is 0 Å². The van der Waals surface area contributed by atoms with E-state index in [1.165, 1.54) is 0 Å². The van der Waals surface area contributed by atoms with Gasteiger partial charge in [0.25, 0.3) is 0 Å². The van der Waals surface area contributed by atoms with Crippen LogP contribution < -0.4 is 4.74 Å². The van der Waals surface area contributed by atoms with Crippen molar-refractivity contribution in [3.63, 3.8) is 0 Å². The van der Waals surface area contributed by atoms with Gasteiger partial charge in [0.05, 0.1) is 19.6 Å². The Morgan fingerprint density at radius 3 is 2.16 bits per heavy atom. The molecule has 0 aliphatic heterocycles. The lowest BCUT2D eigenvalue weighted by atomic mass is 9.84. The zero-order valence-corrected chi connectivity index (χ0v) is 10.7. The second-order valence-corrected chi connectivity index (χ2v) is 4.29. The minimum atomic E-state index is -1.29. The lowest BCUT2D eigenvalue weighted by Crippen LogP contribution is -2.26. The maximum absolute atomic E-state index is 10.9. The number of methoxy groups -OCH3 is 1. The Kier molecular flexibility index (Phi) is 3.84. The molecule has 0 amide bonds. The fourth-order valence-corrected chi connectivity index (χ4v) is 2.07. The van der Waals surface area contributed by atoms with Crippen molar-refractivity contribution in [2.75, 3.05) is 7.11 Å². The molecule has 2 aromatic rings. The fraction of sp³-hybridized carbons (Fsp3) is 0.188. The average Bonchev–Trinajstić information content (AvgIpc) is 2.48. The van der Waals surface area contributed by atoms with Gasteiger partial charge in [0.15, 0.2) is 0 Å². The lowest BCUT2D eigenvalue weighted by Gasteiger charge is -2.26. The van der Waals surface area contributed by atoms with E-state index in [0.29, 0.717) is 11.1 Å². The summed E-state index contributed by atoms with van der Waals surface area (Å²) >= 11 is 0. The SMILES string of the molecule is COc1ccc([C@](O)(CC#N)c2ccccc2)cc1.